The number of halogens is 5. The van der Waals surface area contributed by atoms with Gasteiger partial charge in [-0.1, -0.05) is 68.9 Å². The van der Waals surface area contributed by atoms with E-state index >= 15 is 0 Å². The maximum atomic E-state index is 13.9. The van der Waals surface area contributed by atoms with Crippen molar-refractivity contribution in [1.29, 1.82) is 0 Å². The molecule has 5 heteroatoms. The molecule has 94 valence electrons. The standard InChI is InChI=1S/C13H7BrCl3F/c14-12(7-4-5-9(15)11(17)6-7)8-2-1-3-10(16)13(8)18/h1-6,12H. The van der Waals surface area contributed by atoms with Gasteiger partial charge >= 0.3 is 0 Å². The third kappa shape index (κ3) is 2.83. The van der Waals surface area contributed by atoms with Crippen LogP contribution in [-0.4, -0.2) is 0 Å². The van der Waals surface area contributed by atoms with Crippen LogP contribution in [0.25, 0.3) is 0 Å². The summed E-state index contributed by atoms with van der Waals surface area (Å²) in [5, 5.41) is 0.991. The largest absolute Gasteiger partial charge is 0.205 e. The van der Waals surface area contributed by atoms with Gasteiger partial charge in [-0.25, -0.2) is 4.39 Å². The highest BCUT2D eigenvalue weighted by Gasteiger charge is 2.17. The fraction of sp³-hybridized carbons (Fsp3) is 0.0769. The van der Waals surface area contributed by atoms with Gasteiger partial charge in [-0.05, 0) is 23.8 Å². The summed E-state index contributed by atoms with van der Waals surface area (Å²) < 4.78 is 13.9. The predicted molar refractivity (Wildman–Crippen MR) is 78.6 cm³/mol. The molecule has 0 fully saturated rings. The third-order valence-corrected chi connectivity index (χ3v) is 4.54. The van der Waals surface area contributed by atoms with E-state index in [0.717, 1.165) is 5.56 Å². The third-order valence-electron chi connectivity index (χ3n) is 2.49. The first kappa shape index (κ1) is 14.1. The Kier molecular flexibility index (Phi) is 4.54. The molecule has 0 saturated heterocycles. The van der Waals surface area contributed by atoms with E-state index in [2.05, 4.69) is 15.9 Å². The van der Waals surface area contributed by atoms with Crippen LogP contribution >= 0.6 is 50.7 Å². The molecule has 18 heavy (non-hydrogen) atoms. The van der Waals surface area contributed by atoms with Crippen molar-refractivity contribution in [2.45, 2.75) is 4.83 Å². The smallest absolute Gasteiger partial charge is 0.146 e. The molecule has 0 bridgehead atoms. The molecule has 0 radical (unpaired) electrons. The van der Waals surface area contributed by atoms with Gasteiger partial charge in [-0.15, -0.1) is 0 Å². The molecule has 0 heterocycles. The lowest BCUT2D eigenvalue weighted by Crippen LogP contribution is -1.97. The average molecular weight is 368 g/mol. The highest BCUT2D eigenvalue weighted by molar-refractivity contribution is 9.09. The lowest BCUT2D eigenvalue weighted by molar-refractivity contribution is 0.614. The molecule has 2 rings (SSSR count). The van der Waals surface area contributed by atoms with E-state index in [1.54, 1.807) is 30.3 Å². The molecule has 1 atom stereocenters. The minimum absolute atomic E-state index is 0.0945. The molecular weight excluding hydrogens is 361 g/mol. The zero-order valence-electron chi connectivity index (χ0n) is 8.93. The van der Waals surface area contributed by atoms with Crippen molar-refractivity contribution in [2.24, 2.45) is 0 Å². The molecular formula is C13H7BrCl3F. The molecule has 0 aliphatic carbocycles. The first-order valence-corrected chi connectivity index (χ1v) is 7.08. The first-order valence-electron chi connectivity index (χ1n) is 5.03. The second-order valence-corrected chi connectivity index (χ2v) is 5.82. The second-order valence-electron chi connectivity index (χ2n) is 3.68. The Hall–Kier alpha value is -0.280. The van der Waals surface area contributed by atoms with E-state index in [4.69, 9.17) is 34.8 Å². The lowest BCUT2D eigenvalue weighted by Gasteiger charge is -2.13. The Morgan fingerprint density at radius 3 is 2.33 bits per heavy atom. The van der Waals surface area contributed by atoms with Gasteiger partial charge < -0.3 is 0 Å². The van der Waals surface area contributed by atoms with Crippen LogP contribution in [-0.2, 0) is 0 Å². The molecule has 0 saturated carbocycles. The van der Waals surface area contributed by atoms with Crippen LogP contribution < -0.4 is 0 Å². The van der Waals surface area contributed by atoms with Crippen molar-refractivity contribution in [3.63, 3.8) is 0 Å². The van der Waals surface area contributed by atoms with Crippen molar-refractivity contribution < 1.29 is 4.39 Å². The predicted octanol–water partition coefficient (Wildman–Crippen LogP) is 6.27. The highest BCUT2D eigenvalue weighted by atomic mass is 79.9. The maximum Gasteiger partial charge on any atom is 0.146 e. The van der Waals surface area contributed by atoms with E-state index in [-0.39, 0.29) is 9.85 Å². The average Bonchev–Trinajstić information content (AvgIpc) is 2.35. The van der Waals surface area contributed by atoms with Crippen LogP contribution in [0.4, 0.5) is 4.39 Å². The molecule has 2 aromatic rings. The van der Waals surface area contributed by atoms with Crippen molar-refractivity contribution in [1.82, 2.24) is 0 Å². The lowest BCUT2D eigenvalue weighted by atomic mass is 10.0. The Morgan fingerprint density at radius 2 is 1.67 bits per heavy atom. The minimum atomic E-state index is -0.438. The summed E-state index contributed by atoms with van der Waals surface area (Å²) in [6.07, 6.45) is 0. The number of rotatable bonds is 2. The Bertz CT molecular complexity index is 586. The quantitative estimate of drug-likeness (QED) is 0.548. The van der Waals surface area contributed by atoms with E-state index in [9.17, 15) is 4.39 Å². The second kappa shape index (κ2) is 5.79. The first-order chi connectivity index (χ1) is 8.50. The zero-order valence-corrected chi connectivity index (χ0v) is 12.8. The fourth-order valence-corrected chi connectivity index (χ4v) is 2.69. The summed E-state index contributed by atoms with van der Waals surface area (Å²) in [6, 6.07) is 10.0. The van der Waals surface area contributed by atoms with Crippen LogP contribution in [0.5, 0.6) is 0 Å². The molecule has 0 spiro atoms. The number of hydrogen-bond donors (Lipinski definition) is 0. The molecule has 0 N–H and O–H groups in total. The van der Waals surface area contributed by atoms with Gasteiger partial charge in [0.15, 0.2) is 0 Å². The molecule has 0 aliphatic rings. The van der Waals surface area contributed by atoms with Gasteiger partial charge in [0, 0.05) is 5.56 Å². The van der Waals surface area contributed by atoms with E-state index in [1.807, 2.05) is 0 Å². The summed E-state index contributed by atoms with van der Waals surface area (Å²) in [4.78, 5) is -0.328. The van der Waals surface area contributed by atoms with E-state index in [1.165, 1.54) is 6.07 Å². The summed E-state index contributed by atoms with van der Waals surface area (Å²) in [6.45, 7) is 0. The fourth-order valence-electron chi connectivity index (χ4n) is 1.57. The van der Waals surface area contributed by atoms with Crippen molar-refractivity contribution in [3.05, 3.63) is 68.4 Å². The molecule has 0 aromatic heterocycles. The van der Waals surface area contributed by atoms with Crippen molar-refractivity contribution in [2.75, 3.05) is 0 Å². The maximum absolute atomic E-state index is 13.9. The summed E-state index contributed by atoms with van der Waals surface area (Å²) in [5.41, 5.74) is 1.27. The number of alkyl halides is 1. The topological polar surface area (TPSA) is 0 Å². The van der Waals surface area contributed by atoms with Gasteiger partial charge in [0.2, 0.25) is 0 Å². The monoisotopic (exact) mass is 366 g/mol. The van der Waals surface area contributed by atoms with Crippen molar-refractivity contribution >= 4 is 50.7 Å². The number of benzene rings is 2. The molecule has 0 aliphatic heterocycles. The normalized spacial score (nSPS) is 12.5. The van der Waals surface area contributed by atoms with Crippen LogP contribution in [0.1, 0.15) is 16.0 Å². The van der Waals surface area contributed by atoms with Gasteiger partial charge in [0.05, 0.1) is 19.9 Å². The Labute approximate surface area is 128 Å². The van der Waals surface area contributed by atoms with Gasteiger partial charge in [0.25, 0.3) is 0 Å². The summed E-state index contributed by atoms with van der Waals surface area (Å²) >= 11 is 21.0. The highest BCUT2D eigenvalue weighted by Crippen LogP contribution is 2.36. The summed E-state index contributed by atoms with van der Waals surface area (Å²) in [7, 11) is 0. The van der Waals surface area contributed by atoms with Gasteiger partial charge in [-0.3, -0.25) is 0 Å². The minimum Gasteiger partial charge on any atom is -0.205 e. The molecule has 2 aromatic carbocycles. The van der Waals surface area contributed by atoms with Gasteiger partial charge in [-0.2, -0.15) is 0 Å². The Balaban J connectivity index is 2.44. The zero-order chi connectivity index (χ0) is 13.3. The van der Waals surface area contributed by atoms with Crippen molar-refractivity contribution in [3.8, 4) is 0 Å². The number of hydrogen-bond acceptors (Lipinski definition) is 0. The molecule has 1 unspecified atom stereocenters. The summed E-state index contributed by atoms with van der Waals surface area (Å²) in [5.74, 6) is -0.438. The van der Waals surface area contributed by atoms with Crippen LogP contribution in [0.15, 0.2) is 36.4 Å². The van der Waals surface area contributed by atoms with Gasteiger partial charge in [0.1, 0.15) is 5.82 Å². The van der Waals surface area contributed by atoms with E-state index in [0.29, 0.717) is 15.6 Å². The van der Waals surface area contributed by atoms with Crippen LogP contribution in [0.2, 0.25) is 15.1 Å². The van der Waals surface area contributed by atoms with E-state index < -0.39 is 5.82 Å². The Morgan fingerprint density at radius 1 is 0.944 bits per heavy atom. The van der Waals surface area contributed by atoms with Crippen LogP contribution in [0, 0.1) is 5.82 Å². The molecule has 0 amide bonds. The SMILES string of the molecule is Fc1c(Cl)cccc1C(Br)c1ccc(Cl)c(Cl)c1. The molecule has 0 nitrogen and oxygen atoms in total. The van der Waals surface area contributed by atoms with Crippen LogP contribution in [0.3, 0.4) is 0 Å².